The molecular weight excluding hydrogens is 356 g/mol. The fraction of sp³-hybridized carbons (Fsp3) is 0.222. The quantitative estimate of drug-likeness (QED) is 0.899. The molecule has 1 heterocycles. The average molecular weight is 373 g/mol. The average Bonchev–Trinajstić information content (AvgIpc) is 2.98. The molecule has 118 valence electrons. The second-order valence-corrected chi connectivity index (χ2v) is 6.49. The van der Waals surface area contributed by atoms with Crippen LogP contribution in [0.5, 0.6) is 0 Å². The van der Waals surface area contributed by atoms with Gasteiger partial charge in [-0.15, -0.1) is 0 Å². The zero-order chi connectivity index (χ0) is 16.4. The maximum Gasteiger partial charge on any atom is 0.251 e. The van der Waals surface area contributed by atoms with E-state index in [1.165, 1.54) is 5.56 Å². The summed E-state index contributed by atoms with van der Waals surface area (Å²) in [4.78, 5) is 26.6. The Hall–Kier alpha value is -2.14. The number of hydrogen-bond acceptors (Lipinski definition) is 2. The van der Waals surface area contributed by atoms with E-state index in [0.717, 1.165) is 16.6 Å². The zero-order valence-electron chi connectivity index (χ0n) is 12.8. The lowest BCUT2D eigenvalue weighted by molar-refractivity contribution is -0.119. The normalized spacial score (nSPS) is 14.3. The second-order valence-electron chi connectivity index (χ2n) is 5.57. The fourth-order valence-electron chi connectivity index (χ4n) is 2.74. The topological polar surface area (TPSA) is 49.4 Å². The number of carbonyl (C=O) groups is 2. The molecule has 0 fully saturated rings. The van der Waals surface area contributed by atoms with Crippen molar-refractivity contribution in [3.8, 4) is 0 Å². The van der Waals surface area contributed by atoms with Crippen molar-refractivity contribution in [3.63, 3.8) is 0 Å². The van der Waals surface area contributed by atoms with Crippen molar-refractivity contribution < 1.29 is 9.59 Å². The Morgan fingerprint density at radius 1 is 1.13 bits per heavy atom. The lowest BCUT2D eigenvalue weighted by atomic mass is 10.1. The number of para-hydroxylation sites is 1. The first-order chi connectivity index (χ1) is 11.1. The van der Waals surface area contributed by atoms with Gasteiger partial charge in [-0.05, 0) is 49.2 Å². The molecule has 1 atom stereocenters. The zero-order valence-corrected chi connectivity index (χ0v) is 14.3. The summed E-state index contributed by atoms with van der Waals surface area (Å²) in [6, 6.07) is 14.4. The van der Waals surface area contributed by atoms with Gasteiger partial charge >= 0.3 is 0 Å². The molecule has 1 N–H and O–H groups in total. The molecule has 0 saturated heterocycles. The molecule has 1 aliphatic heterocycles. The van der Waals surface area contributed by atoms with Gasteiger partial charge in [0.1, 0.15) is 6.04 Å². The SMILES string of the molecule is C[C@@H](NC(=O)c1ccc(Br)cc1)C(=O)N1CCc2ccccc21. The molecule has 2 aromatic rings. The molecule has 0 radical (unpaired) electrons. The molecule has 3 rings (SSSR count). The van der Waals surface area contributed by atoms with Gasteiger partial charge in [0.15, 0.2) is 0 Å². The minimum Gasteiger partial charge on any atom is -0.341 e. The Morgan fingerprint density at radius 2 is 1.83 bits per heavy atom. The number of rotatable bonds is 3. The van der Waals surface area contributed by atoms with Gasteiger partial charge in [-0.3, -0.25) is 9.59 Å². The molecule has 5 heteroatoms. The summed E-state index contributed by atoms with van der Waals surface area (Å²) in [5.41, 5.74) is 2.66. The van der Waals surface area contributed by atoms with E-state index in [1.807, 2.05) is 24.3 Å². The van der Waals surface area contributed by atoms with Gasteiger partial charge in [-0.25, -0.2) is 0 Å². The van der Waals surface area contributed by atoms with Crippen molar-refractivity contribution in [1.82, 2.24) is 5.32 Å². The van der Waals surface area contributed by atoms with Crippen LogP contribution in [-0.4, -0.2) is 24.4 Å². The number of halogens is 1. The van der Waals surface area contributed by atoms with Crippen LogP contribution in [0.1, 0.15) is 22.8 Å². The highest BCUT2D eigenvalue weighted by Gasteiger charge is 2.28. The first kappa shape index (κ1) is 15.7. The lowest BCUT2D eigenvalue weighted by Crippen LogP contribution is -2.46. The van der Waals surface area contributed by atoms with Crippen molar-refractivity contribution in [3.05, 3.63) is 64.1 Å². The van der Waals surface area contributed by atoms with Crippen molar-refractivity contribution >= 4 is 33.4 Å². The van der Waals surface area contributed by atoms with E-state index < -0.39 is 6.04 Å². The van der Waals surface area contributed by atoms with Crippen LogP contribution in [0.2, 0.25) is 0 Å². The Labute approximate surface area is 143 Å². The monoisotopic (exact) mass is 372 g/mol. The first-order valence-corrected chi connectivity index (χ1v) is 8.31. The molecule has 1 aliphatic rings. The highest BCUT2D eigenvalue weighted by molar-refractivity contribution is 9.10. The van der Waals surface area contributed by atoms with Gasteiger partial charge in [0.05, 0.1) is 0 Å². The number of hydrogen-bond donors (Lipinski definition) is 1. The van der Waals surface area contributed by atoms with Crippen LogP contribution in [0.25, 0.3) is 0 Å². The van der Waals surface area contributed by atoms with E-state index in [1.54, 1.807) is 36.1 Å². The minimum atomic E-state index is -0.572. The standard InChI is InChI=1S/C18H17BrN2O2/c1-12(20-17(22)14-6-8-15(19)9-7-14)18(23)21-11-10-13-4-2-3-5-16(13)21/h2-9,12H,10-11H2,1H3,(H,20,22)/t12-/m1/s1. The number of benzene rings is 2. The van der Waals surface area contributed by atoms with Crippen LogP contribution in [-0.2, 0) is 11.2 Å². The van der Waals surface area contributed by atoms with Crippen LogP contribution >= 0.6 is 15.9 Å². The third-order valence-electron chi connectivity index (χ3n) is 3.98. The van der Waals surface area contributed by atoms with E-state index >= 15 is 0 Å². The van der Waals surface area contributed by atoms with Gasteiger partial charge in [0.25, 0.3) is 5.91 Å². The molecule has 0 saturated carbocycles. The summed E-state index contributed by atoms with van der Waals surface area (Å²) in [5.74, 6) is -0.328. The highest BCUT2D eigenvalue weighted by atomic mass is 79.9. The third kappa shape index (κ3) is 3.29. The summed E-state index contributed by atoms with van der Waals surface area (Å²) in [7, 11) is 0. The summed E-state index contributed by atoms with van der Waals surface area (Å²) in [5, 5.41) is 2.78. The van der Waals surface area contributed by atoms with Gasteiger partial charge in [0, 0.05) is 22.3 Å². The first-order valence-electron chi connectivity index (χ1n) is 7.52. The highest BCUT2D eigenvalue weighted by Crippen LogP contribution is 2.27. The van der Waals surface area contributed by atoms with Crippen LogP contribution in [0.15, 0.2) is 53.0 Å². The number of carbonyl (C=O) groups excluding carboxylic acids is 2. The van der Waals surface area contributed by atoms with E-state index in [9.17, 15) is 9.59 Å². The molecule has 0 aliphatic carbocycles. The van der Waals surface area contributed by atoms with Crippen LogP contribution in [0.3, 0.4) is 0 Å². The summed E-state index contributed by atoms with van der Waals surface area (Å²) in [6.07, 6.45) is 0.856. The van der Waals surface area contributed by atoms with Gasteiger partial charge in [-0.2, -0.15) is 0 Å². The Balaban J connectivity index is 1.69. The maximum atomic E-state index is 12.6. The molecular formula is C18H17BrN2O2. The van der Waals surface area contributed by atoms with E-state index in [2.05, 4.69) is 21.2 Å². The largest absolute Gasteiger partial charge is 0.341 e. The van der Waals surface area contributed by atoms with Gasteiger partial charge in [0.2, 0.25) is 5.91 Å². The predicted octanol–water partition coefficient (Wildman–Crippen LogP) is 3.16. The smallest absolute Gasteiger partial charge is 0.251 e. The Kier molecular flexibility index (Phi) is 4.48. The lowest BCUT2D eigenvalue weighted by Gasteiger charge is -2.22. The van der Waals surface area contributed by atoms with Gasteiger partial charge in [-0.1, -0.05) is 34.1 Å². The molecule has 2 amide bonds. The van der Waals surface area contributed by atoms with Crippen molar-refractivity contribution in [2.75, 3.05) is 11.4 Å². The van der Waals surface area contributed by atoms with Gasteiger partial charge < -0.3 is 10.2 Å². The molecule has 0 aromatic heterocycles. The minimum absolute atomic E-state index is 0.0830. The maximum absolute atomic E-state index is 12.6. The van der Waals surface area contributed by atoms with E-state index in [-0.39, 0.29) is 11.8 Å². The number of anilines is 1. The predicted molar refractivity (Wildman–Crippen MR) is 93.6 cm³/mol. The Bertz CT molecular complexity index is 743. The molecule has 23 heavy (non-hydrogen) atoms. The molecule has 0 bridgehead atoms. The molecule has 4 nitrogen and oxygen atoms in total. The Morgan fingerprint density at radius 3 is 2.57 bits per heavy atom. The second kappa shape index (κ2) is 6.54. The molecule has 2 aromatic carbocycles. The molecule has 0 unspecified atom stereocenters. The van der Waals surface area contributed by atoms with E-state index in [4.69, 9.17) is 0 Å². The van der Waals surface area contributed by atoms with Crippen LogP contribution in [0, 0.1) is 0 Å². The fourth-order valence-corrected chi connectivity index (χ4v) is 3.01. The van der Waals surface area contributed by atoms with Crippen molar-refractivity contribution in [2.24, 2.45) is 0 Å². The molecule has 0 spiro atoms. The summed E-state index contributed by atoms with van der Waals surface area (Å²) >= 11 is 3.34. The van der Waals surface area contributed by atoms with Crippen LogP contribution in [0.4, 0.5) is 5.69 Å². The number of nitrogens with one attached hydrogen (secondary N) is 1. The van der Waals surface area contributed by atoms with Crippen LogP contribution < -0.4 is 10.2 Å². The number of nitrogens with zero attached hydrogens (tertiary/aromatic N) is 1. The summed E-state index contributed by atoms with van der Waals surface area (Å²) < 4.78 is 0.909. The van der Waals surface area contributed by atoms with E-state index in [0.29, 0.717) is 12.1 Å². The number of amides is 2. The summed E-state index contributed by atoms with van der Waals surface area (Å²) in [6.45, 7) is 2.39. The van der Waals surface area contributed by atoms with Crippen molar-refractivity contribution in [2.45, 2.75) is 19.4 Å². The van der Waals surface area contributed by atoms with Crippen molar-refractivity contribution in [1.29, 1.82) is 0 Å². The number of fused-ring (bicyclic) bond motifs is 1. The third-order valence-corrected chi connectivity index (χ3v) is 4.51.